The van der Waals surface area contributed by atoms with Crippen LogP contribution in [0.3, 0.4) is 0 Å². The number of rotatable bonds is 6. The number of carbonyl (C=O) groups excluding carboxylic acids is 1. The van der Waals surface area contributed by atoms with Gasteiger partial charge in [0.25, 0.3) is 0 Å². The van der Waals surface area contributed by atoms with Crippen molar-refractivity contribution >= 4 is 23.3 Å². The quantitative estimate of drug-likeness (QED) is 0.719. The number of benzene rings is 2. The van der Waals surface area contributed by atoms with Crippen LogP contribution in [0.1, 0.15) is 34.8 Å². The summed E-state index contributed by atoms with van der Waals surface area (Å²) >= 11 is 5.83. The second-order valence-corrected chi connectivity index (χ2v) is 7.39. The van der Waals surface area contributed by atoms with Crippen LogP contribution in [0.25, 0.3) is 0 Å². The Kier molecular flexibility index (Phi) is 5.14. The number of alkyl halides is 1. The Morgan fingerprint density at radius 2 is 1.78 bits per heavy atom. The van der Waals surface area contributed by atoms with Crippen molar-refractivity contribution in [2.75, 3.05) is 13.1 Å². The van der Waals surface area contributed by atoms with E-state index in [1.807, 2.05) is 36.4 Å². The summed E-state index contributed by atoms with van der Waals surface area (Å²) in [6, 6.07) is 16.3. The molecule has 140 valence electrons. The predicted molar refractivity (Wildman–Crippen MR) is 101 cm³/mol. The first-order chi connectivity index (χ1) is 13.1. The topological polar surface area (TPSA) is 65.0 Å². The molecule has 2 aliphatic rings. The number of likely N-dealkylation sites (tertiary alicyclic amines) is 1. The van der Waals surface area contributed by atoms with Gasteiger partial charge in [-0.1, -0.05) is 53.7 Å². The molecule has 0 aliphatic carbocycles. The van der Waals surface area contributed by atoms with Crippen LogP contribution in [0.4, 0.5) is 0 Å². The number of nitrogens with zero attached hydrogens (tertiary/aromatic N) is 2. The normalized spacial score (nSPS) is 20.0. The molecule has 2 aromatic carbocycles. The standard InChI is InChI=1S/C21H21ClN2O3/c22-10-14-1-7-17(8-2-14)20-9-19(23-27-20)16-5-3-15(4-6-16)11-24-12-18(13-24)21(25)26/h1-8,18,20H,9-13H2,(H,25,26)/p-1. The van der Waals surface area contributed by atoms with E-state index in [2.05, 4.69) is 22.2 Å². The monoisotopic (exact) mass is 383 g/mol. The minimum absolute atomic E-state index is 0.0632. The SMILES string of the molecule is O=C([O-])C1CN(Cc2ccc(C3=NOC(c4ccc(CCl)cc4)C3)cc2)C1. The highest BCUT2D eigenvalue weighted by molar-refractivity contribution is 6.17. The molecule has 2 aromatic rings. The Balaban J connectivity index is 1.33. The van der Waals surface area contributed by atoms with Crippen molar-refractivity contribution in [2.45, 2.75) is 24.9 Å². The zero-order chi connectivity index (χ0) is 18.8. The maximum absolute atomic E-state index is 10.8. The van der Waals surface area contributed by atoms with Gasteiger partial charge in [-0.25, -0.2) is 0 Å². The fourth-order valence-corrected chi connectivity index (χ4v) is 3.63. The van der Waals surface area contributed by atoms with E-state index in [-0.39, 0.29) is 12.0 Å². The third-order valence-electron chi connectivity index (χ3n) is 5.16. The van der Waals surface area contributed by atoms with E-state index in [0.29, 0.717) is 19.0 Å². The van der Waals surface area contributed by atoms with E-state index < -0.39 is 5.97 Å². The van der Waals surface area contributed by atoms with Gasteiger partial charge in [0.1, 0.15) is 0 Å². The molecule has 2 aliphatic heterocycles. The number of oxime groups is 1. The van der Waals surface area contributed by atoms with Crippen LogP contribution >= 0.6 is 11.6 Å². The maximum Gasteiger partial charge on any atom is 0.158 e. The second-order valence-electron chi connectivity index (χ2n) is 7.12. The third kappa shape index (κ3) is 3.99. The van der Waals surface area contributed by atoms with Gasteiger partial charge in [0.2, 0.25) is 0 Å². The van der Waals surface area contributed by atoms with Gasteiger partial charge < -0.3 is 14.7 Å². The highest BCUT2D eigenvalue weighted by atomic mass is 35.5. The van der Waals surface area contributed by atoms with Gasteiger partial charge in [-0.05, 0) is 22.3 Å². The molecule has 1 saturated heterocycles. The molecule has 1 fully saturated rings. The van der Waals surface area contributed by atoms with Crippen molar-refractivity contribution in [3.8, 4) is 0 Å². The zero-order valence-electron chi connectivity index (χ0n) is 14.8. The van der Waals surface area contributed by atoms with Crippen molar-refractivity contribution in [2.24, 2.45) is 11.1 Å². The number of carbonyl (C=O) groups is 1. The zero-order valence-corrected chi connectivity index (χ0v) is 15.6. The van der Waals surface area contributed by atoms with Crippen molar-refractivity contribution in [1.29, 1.82) is 0 Å². The highest BCUT2D eigenvalue weighted by Crippen LogP contribution is 2.30. The van der Waals surface area contributed by atoms with Crippen molar-refractivity contribution in [3.05, 3.63) is 70.8 Å². The van der Waals surface area contributed by atoms with Gasteiger partial charge in [0.05, 0.1) is 5.71 Å². The number of aliphatic carboxylic acids is 1. The molecule has 0 aromatic heterocycles. The van der Waals surface area contributed by atoms with Crippen LogP contribution in [-0.2, 0) is 22.1 Å². The maximum atomic E-state index is 10.8. The van der Waals surface area contributed by atoms with Crippen molar-refractivity contribution < 1.29 is 14.7 Å². The molecule has 0 radical (unpaired) electrons. The van der Waals surface area contributed by atoms with Crippen LogP contribution in [0.2, 0.25) is 0 Å². The molecular weight excluding hydrogens is 364 g/mol. The Morgan fingerprint density at radius 1 is 1.11 bits per heavy atom. The van der Waals surface area contributed by atoms with Gasteiger partial charge in [0, 0.05) is 43.8 Å². The molecule has 0 amide bonds. The molecule has 6 heteroatoms. The average molecular weight is 384 g/mol. The Bertz CT molecular complexity index is 843. The van der Waals surface area contributed by atoms with Gasteiger partial charge in [-0.3, -0.25) is 4.90 Å². The van der Waals surface area contributed by atoms with Crippen LogP contribution in [-0.4, -0.2) is 29.7 Å². The minimum atomic E-state index is -0.951. The number of carboxylic acid groups (broad SMARTS) is 1. The van der Waals surface area contributed by atoms with Gasteiger partial charge in [-0.15, -0.1) is 11.6 Å². The smallest absolute Gasteiger partial charge is 0.158 e. The predicted octanol–water partition coefficient (Wildman–Crippen LogP) is 2.47. The molecule has 2 heterocycles. The summed E-state index contributed by atoms with van der Waals surface area (Å²) in [5.74, 6) is -0.775. The summed E-state index contributed by atoms with van der Waals surface area (Å²) < 4.78 is 0. The third-order valence-corrected chi connectivity index (χ3v) is 5.47. The van der Waals surface area contributed by atoms with E-state index in [1.54, 1.807) is 0 Å². The molecule has 0 saturated carbocycles. The minimum Gasteiger partial charge on any atom is -0.550 e. The first-order valence-electron chi connectivity index (χ1n) is 9.02. The lowest BCUT2D eigenvalue weighted by Crippen LogP contribution is -2.53. The van der Waals surface area contributed by atoms with E-state index in [9.17, 15) is 9.90 Å². The van der Waals surface area contributed by atoms with Gasteiger partial charge in [-0.2, -0.15) is 0 Å². The average Bonchev–Trinajstić information content (AvgIpc) is 3.15. The van der Waals surface area contributed by atoms with Crippen LogP contribution < -0.4 is 5.11 Å². The summed E-state index contributed by atoms with van der Waals surface area (Å²) in [5, 5.41) is 15.0. The van der Waals surface area contributed by atoms with Gasteiger partial charge in [0.15, 0.2) is 6.10 Å². The molecule has 0 bridgehead atoms. The lowest BCUT2D eigenvalue weighted by Gasteiger charge is -2.39. The Morgan fingerprint density at radius 3 is 2.41 bits per heavy atom. The number of carboxylic acids is 1. The number of hydrogen-bond donors (Lipinski definition) is 0. The summed E-state index contributed by atoms with van der Waals surface area (Å²) in [6.07, 6.45) is 0.672. The van der Waals surface area contributed by atoms with Crippen molar-refractivity contribution in [3.63, 3.8) is 0 Å². The molecule has 4 rings (SSSR count). The fraction of sp³-hybridized carbons (Fsp3) is 0.333. The molecule has 1 unspecified atom stereocenters. The van der Waals surface area contributed by atoms with E-state index in [1.165, 1.54) is 0 Å². The Hall–Kier alpha value is -2.37. The fourth-order valence-electron chi connectivity index (χ4n) is 3.46. The van der Waals surface area contributed by atoms with Crippen LogP contribution in [0, 0.1) is 5.92 Å². The lowest BCUT2D eigenvalue weighted by atomic mass is 9.97. The Labute approximate surface area is 163 Å². The highest BCUT2D eigenvalue weighted by Gasteiger charge is 2.27. The summed E-state index contributed by atoms with van der Waals surface area (Å²) in [7, 11) is 0. The second kappa shape index (κ2) is 7.71. The molecule has 0 spiro atoms. The lowest BCUT2D eigenvalue weighted by molar-refractivity contribution is -0.315. The van der Waals surface area contributed by atoms with E-state index >= 15 is 0 Å². The van der Waals surface area contributed by atoms with Crippen LogP contribution in [0.5, 0.6) is 0 Å². The first kappa shape index (κ1) is 18.0. The van der Waals surface area contributed by atoms with E-state index in [4.69, 9.17) is 16.4 Å². The first-order valence-corrected chi connectivity index (χ1v) is 9.56. The molecule has 0 N–H and O–H groups in total. The van der Waals surface area contributed by atoms with Crippen molar-refractivity contribution in [1.82, 2.24) is 4.90 Å². The summed E-state index contributed by atoms with van der Waals surface area (Å²) in [4.78, 5) is 18.5. The van der Waals surface area contributed by atoms with E-state index in [0.717, 1.165) is 40.9 Å². The largest absolute Gasteiger partial charge is 0.550 e. The molecule has 5 nitrogen and oxygen atoms in total. The molecule has 27 heavy (non-hydrogen) atoms. The summed E-state index contributed by atoms with van der Waals surface area (Å²) in [6.45, 7) is 1.88. The molecule has 1 atom stereocenters. The van der Waals surface area contributed by atoms with Gasteiger partial charge >= 0.3 is 0 Å². The van der Waals surface area contributed by atoms with Crippen LogP contribution in [0.15, 0.2) is 53.7 Å². The molecular formula is C21H20ClN2O3-. The summed E-state index contributed by atoms with van der Waals surface area (Å²) in [5.41, 5.74) is 5.33. The number of hydrogen-bond acceptors (Lipinski definition) is 5. The number of halogens is 1.